The van der Waals surface area contributed by atoms with E-state index >= 15 is 0 Å². The van der Waals surface area contributed by atoms with E-state index in [4.69, 9.17) is 42.1 Å². The molecule has 0 aromatic heterocycles. The first-order valence-electron chi connectivity index (χ1n) is 11.5. The van der Waals surface area contributed by atoms with Crippen LogP contribution in [0.25, 0.3) is 6.08 Å². The molecule has 0 radical (unpaired) electrons. The predicted molar refractivity (Wildman–Crippen MR) is 148 cm³/mol. The largest absolute Gasteiger partial charge is 0.493 e. The van der Waals surface area contributed by atoms with Gasteiger partial charge in [-0.15, -0.1) is 0 Å². The summed E-state index contributed by atoms with van der Waals surface area (Å²) in [4.78, 5) is 39.1. The zero-order chi connectivity index (χ0) is 27.5. The van der Waals surface area contributed by atoms with Gasteiger partial charge in [-0.2, -0.15) is 0 Å². The molecule has 9 nitrogen and oxygen atoms in total. The summed E-state index contributed by atoms with van der Waals surface area (Å²) in [6, 6.07) is 15.1. The van der Waals surface area contributed by atoms with Crippen LogP contribution in [0.15, 0.2) is 59.5 Å². The highest BCUT2D eigenvalue weighted by molar-refractivity contribution is 8.18. The lowest BCUT2D eigenvalue weighted by Crippen LogP contribution is -2.36. The molecular weight excluding hydrogens is 567 g/mol. The molecule has 0 saturated carbocycles. The first kappa shape index (κ1) is 26.7. The summed E-state index contributed by atoms with van der Waals surface area (Å²) in [5.74, 6) is 0.878. The first-order chi connectivity index (χ1) is 18.8. The van der Waals surface area contributed by atoms with Crippen LogP contribution < -0.4 is 24.3 Å². The quantitative estimate of drug-likeness (QED) is 0.321. The normalized spacial score (nSPS) is 15.2. The molecule has 2 aliphatic rings. The van der Waals surface area contributed by atoms with Gasteiger partial charge in [0, 0.05) is 27.4 Å². The Morgan fingerprint density at radius 1 is 1.05 bits per heavy atom. The zero-order valence-electron chi connectivity index (χ0n) is 20.4. The smallest absolute Gasteiger partial charge is 0.294 e. The minimum atomic E-state index is -0.567. The number of fused-ring (bicyclic) bond motifs is 1. The first-order valence-corrected chi connectivity index (χ1v) is 13.1. The standard InChI is InChI=1S/C27H20Cl2N2O7S/c1-35-22-8-15(2-6-20(22)36-13-16-3-4-17(28)10-19(16)29)9-24-26(33)31(27(34)39-24)12-25(32)30-18-5-7-21-23(11-18)38-14-37-21/h2-11H,12-14H2,1H3,(H,30,32)/b24-9+. The summed E-state index contributed by atoms with van der Waals surface area (Å²) in [5, 5.41) is 3.13. The fourth-order valence-corrected chi connectivity index (χ4v) is 5.09. The van der Waals surface area contributed by atoms with Crippen LogP contribution in [0.5, 0.6) is 23.0 Å². The second kappa shape index (κ2) is 11.5. The van der Waals surface area contributed by atoms with Gasteiger partial charge in [0.05, 0.1) is 12.0 Å². The number of anilines is 1. The van der Waals surface area contributed by atoms with Crippen LogP contribution >= 0.6 is 35.0 Å². The fraction of sp³-hybridized carbons (Fsp3) is 0.148. The van der Waals surface area contributed by atoms with Crippen LogP contribution in [0.1, 0.15) is 11.1 Å². The average Bonchev–Trinajstić information content (AvgIpc) is 3.48. The molecule has 1 N–H and O–H groups in total. The van der Waals surface area contributed by atoms with Crippen LogP contribution in [-0.2, 0) is 16.2 Å². The van der Waals surface area contributed by atoms with Crippen LogP contribution in [0.2, 0.25) is 10.0 Å². The summed E-state index contributed by atoms with van der Waals surface area (Å²) in [6.07, 6.45) is 1.56. The highest BCUT2D eigenvalue weighted by Gasteiger charge is 2.36. The number of nitrogens with one attached hydrogen (secondary N) is 1. The van der Waals surface area contributed by atoms with Crippen LogP contribution in [0.3, 0.4) is 0 Å². The number of ether oxygens (including phenoxy) is 4. The minimum Gasteiger partial charge on any atom is -0.493 e. The summed E-state index contributed by atoms with van der Waals surface area (Å²) in [5.41, 5.74) is 1.82. The molecule has 0 bridgehead atoms. The number of benzene rings is 3. The van der Waals surface area contributed by atoms with Crippen LogP contribution in [0.4, 0.5) is 10.5 Å². The average molecular weight is 587 g/mol. The highest BCUT2D eigenvalue weighted by atomic mass is 35.5. The maximum Gasteiger partial charge on any atom is 0.294 e. The number of halogens is 2. The molecular formula is C27H20Cl2N2O7S. The van der Waals surface area contributed by atoms with Crippen LogP contribution in [0, 0.1) is 0 Å². The number of thioether (sulfide) groups is 1. The third-order valence-electron chi connectivity index (χ3n) is 5.72. The zero-order valence-corrected chi connectivity index (χ0v) is 22.7. The fourth-order valence-electron chi connectivity index (χ4n) is 3.79. The maximum atomic E-state index is 12.9. The molecule has 1 saturated heterocycles. The summed E-state index contributed by atoms with van der Waals surface area (Å²) >= 11 is 12.9. The van der Waals surface area contributed by atoms with Crippen molar-refractivity contribution in [2.75, 3.05) is 25.8 Å². The molecule has 200 valence electrons. The Morgan fingerprint density at radius 3 is 2.67 bits per heavy atom. The van der Waals surface area contributed by atoms with Gasteiger partial charge in [0.25, 0.3) is 11.1 Å². The molecule has 3 amide bonds. The van der Waals surface area contributed by atoms with E-state index in [1.54, 1.807) is 60.7 Å². The number of hydrogen-bond acceptors (Lipinski definition) is 8. The Hall–Kier alpha value is -3.86. The number of amides is 3. The summed E-state index contributed by atoms with van der Waals surface area (Å²) in [7, 11) is 1.49. The van der Waals surface area contributed by atoms with Gasteiger partial charge in [-0.05, 0) is 59.8 Å². The lowest BCUT2D eigenvalue weighted by Gasteiger charge is -2.13. The number of imide groups is 1. The number of carbonyl (C=O) groups excluding carboxylic acids is 3. The van der Waals surface area contributed by atoms with Gasteiger partial charge in [0.2, 0.25) is 12.7 Å². The summed E-state index contributed by atoms with van der Waals surface area (Å²) < 4.78 is 21.9. The molecule has 3 aromatic carbocycles. The summed E-state index contributed by atoms with van der Waals surface area (Å²) in [6.45, 7) is -0.130. The molecule has 0 spiro atoms. The molecule has 39 heavy (non-hydrogen) atoms. The molecule has 0 unspecified atom stereocenters. The van der Waals surface area contributed by atoms with E-state index in [9.17, 15) is 14.4 Å². The van der Waals surface area contributed by atoms with E-state index in [1.165, 1.54) is 7.11 Å². The van der Waals surface area contributed by atoms with Gasteiger partial charge < -0.3 is 24.3 Å². The second-order valence-corrected chi connectivity index (χ2v) is 10.2. The molecule has 3 aromatic rings. The van der Waals surface area contributed by atoms with Crippen molar-refractivity contribution in [1.82, 2.24) is 4.90 Å². The van der Waals surface area contributed by atoms with Crippen molar-refractivity contribution < 1.29 is 33.3 Å². The molecule has 5 rings (SSSR count). The Bertz CT molecular complexity index is 1510. The lowest BCUT2D eigenvalue weighted by atomic mass is 10.1. The molecule has 12 heteroatoms. The van der Waals surface area contributed by atoms with Crippen molar-refractivity contribution in [3.8, 4) is 23.0 Å². The second-order valence-electron chi connectivity index (χ2n) is 8.32. The molecule has 1 fully saturated rings. The van der Waals surface area contributed by atoms with Gasteiger partial charge in [0.15, 0.2) is 23.0 Å². The number of hydrogen-bond donors (Lipinski definition) is 1. The third-order valence-corrected chi connectivity index (χ3v) is 7.21. The van der Waals surface area contributed by atoms with Crippen molar-refractivity contribution >= 4 is 63.8 Å². The number of nitrogens with zero attached hydrogens (tertiary/aromatic N) is 1. The van der Waals surface area contributed by atoms with Crippen molar-refractivity contribution in [2.45, 2.75) is 6.61 Å². The van der Waals surface area contributed by atoms with Crippen molar-refractivity contribution in [3.63, 3.8) is 0 Å². The molecule has 0 atom stereocenters. The topological polar surface area (TPSA) is 103 Å². The Labute approximate surface area is 237 Å². The third kappa shape index (κ3) is 6.08. The number of methoxy groups -OCH3 is 1. The Morgan fingerprint density at radius 2 is 1.87 bits per heavy atom. The molecule has 2 aliphatic heterocycles. The van der Waals surface area contributed by atoms with Crippen molar-refractivity contribution in [1.29, 1.82) is 0 Å². The number of carbonyl (C=O) groups is 3. The van der Waals surface area contributed by atoms with E-state index in [1.807, 2.05) is 0 Å². The highest BCUT2D eigenvalue weighted by Crippen LogP contribution is 2.36. The monoisotopic (exact) mass is 586 g/mol. The van der Waals surface area contributed by atoms with Crippen LogP contribution in [-0.4, -0.2) is 42.4 Å². The predicted octanol–water partition coefficient (Wildman–Crippen LogP) is 5.98. The molecule has 0 aliphatic carbocycles. The van der Waals surface area contributed by atoms with Gasteiger partial charge in [-0.1, -0.05) is 35.3 Å². The van der Waals surface area contributed by atoms with Crippen molar-refractivity contribution in [3.05, 3.63) is 80.7 Å². The SMILES string of the molecule is COc1cc(/C=C2/SC(=O)N(CC(=O)Nc3ccc4c(c3)OCO4)C2=O)ccc1OCc1ccc(Cl)cc1Cl. The Kier molecular flexibility index (Phi) is 7.87. The minimum absolute atomic E-state index is 0.107. The van der Waals surface area contributed by atoms with Gasteiger partial charge >= 0.3 is 0 Å². The Balaban J connectivity index is 1.24. The van der Waals surface area contributed by atoms with Crippen molar-refractivity contribution in [2.24, 2.45) is 0 Å². The van der Waals surface area contributed by atoms with E-state index < -0.39 is 23.6 Å². The number of rotatable bonds is 8. The van der Waals surface area contributed by atoms with E-state index in [-0.39, 0.29) is 18.3 Å². The van der Waals surface area contributed by atoms with E-state index in [2.05, 4.69) is 5.32 Å². The van der Waals surface area contributed by atoms with Gasteiger partial charge in [0.1, 0.15) is 13.2 Å². The van der Waals surface area contributed by atoms with Gasteiger partial charge in [-0.25, -0.2) is 0 Å². The van der Waals surface area contributed by atoms with E-state index in [0.29, 0.717) is 44.3 Å². The maximum absolute atomic E-state index is 12.9. The molecule has 2 heterocycles. The lowest BCUT2D eigenvalue weighted by molar-refractivity contribution is -0.127. The van der Waals surface area contributed by atoms with E-state index in [0.717, 1.165) is 22.2 Å². The van der Waals surface area contributed by atoms with Gasteiger partial charge in [-0.3, -0.25) is 19.3 Å².